The van der Waals surface area contributed by atoms with Crippen LogP contribution in [0.1, 0.15) is 52.9 Å². The Bertz CT molecular complexity index is 563. The summed E-state index contributed by atoms with van der Waals surface area (Å²) in [5.41, 5.74) is 0. The van der Waals surface area contributed by atoms with Gasteiger partial charge in [-0.1, -0.05) is 46.5 Å². The molecule has 1 atom stereocenters. The van der Waals surface area contributed by atoms with Crippen molar-refractivity contribution in [3.05, 3.63) is 0 Å². The van der Waals surface area contributed by atoms with Crippen molar-refractivity contribution < 1.29 is 61.6 Å². The van der Waals surface area contributed by atoms with Crippen LogP contribution in [0.25, 0.3) is 0 Å². The highest BCUT2D eigenvalue weighted by molar-refractivity contribution is 4.46. The summed E-state index contributed by atoms with van der Waals surface area (Å²) in [6.45, 7) is 21.3. The molecule has 0 spiro atoms. The zero-order chi connectivity index (χ0) is 34.7. The first-order valence-corrected chi connectivity index (χ1v) is 18.3. The van der Waals surface area contributed by atoms with Gasteiger partial charge in [-0.2, -0.15) is 0 Å². The van der Waals surface area contributed by atoms with Crippen molar-refractivity contribution >= 4 is 0 Å². The maximum Gasteiger partial charge on any atom is 0.0701 e. The summed E-state index contributed by atoms with van der Waals surface area (Å²) in [6, 6.07) is 0. The summed E-state index contributed by atoms with van der Waals surface area (Å²) in [6.07, 6.45) is 6.03. The third-order valence-corrected chi connectivity index (χ3v) is 6.71. The minimum atomic E-state index is 0.516. The molecule has 0 N–H and O–H groups in total. The van der Waals surface area contributed by atoms with Gasteiger partial charge in [-0.15, -0.1) is 0 Å². The summed E-state index contributed by atoms with van der Waals surface area (Å²) < 4.78 is 71.4. The lowest BCUT2D eigenvalue weighted by Gasteiger charge is -2.10. The first-order valence-electron chi connectivity index (χ1n) is 18.3. The smallest absolute Gasteiger partial charge is 0.0701 e. The van der Waals surface area contributed by atoms with Crippen LogP contribution in [0.15, 0.2) is 0 Å². The van der Waals surface area contributed by atoms with Crippen molar-refractivity contribution in [1.82, 2.24) is 0 Å². The van der Waals surface area contributed by atoms with Crippen molar-refractivity contribution in [2.75, 3.05) is 172 Å². The van der Waals surface area contributed by atoms with Crippen LogP contribution in [0.4, 0.5) is 0 Å². The second kappa shape index (κ2) is 44.5. The molecule has 0 aliphatic heterocycles. The lowest BCUT2D eigenvalue weighted by Crippen LogP contribution is -2.15. The summed E-state index contributed by atoms with van der Waals surface area (Å²) >= 11 is 0. The number of hydrogen-bond donors (Lipinski definition) is 0. The maximum absolute atomic E-state index is 5.54. The van der Waals surface area contributed by atoms with E-state index in [4.69, 9.17) is 61.6 Å². The van der Waals surface area contributed by atoms with E-state index in [-0.39, 0.29) is 0 Å². The van der Waals surface area contributed by atoms with Crippen molar-refractivity contribution in [3.63, 3.8) is 0 Å². The van der Waals surface area contributed by atoms with E-state index in [0.717, 1.165) is 26.1 Å². The Kier molecular flexibility index (Phi) is 44.0. The van der Waals surface area contributed by atoms with Gasteiger partial charge in [-0.3, -0.25) is 0 Å². The van der Waals surface area contributed by atoms with Crippen molar-refractivity contribution in [1.29, 1.82) is 0 Å². The molecule has 48 heavy (non-hydrogen) atoms. The highest BCUT2D eigenvalue weighted by Crippen LogP contribution is 2.00. The topological polar surface area (TPSA) is 120 Å². The molecule has 13 nitrogen and oxygen atoms in total. The molecular formula is C35H72O13. The third-order valence-electron chi connectivity index (χ3n) is 6.71. The molecule has 0 saturated heterocycles. The molecule has 290 valence electrons. The molecule has 0 heterocycles. The van der Waals surface area contributed by atoms with Crippen LogP contribution in [0.5, 0.6) is 0 Å². The summed E-state index contributed by atoms with van der Waals surface area (Å²) in [5.74, 6) is 0.598. The maximum atomic E-state index is 5.54. The average molecular weight is 701 g/mol. The molecule has 0 aromatic carbocycles. The fourth-order valence-electron chi connectivity index (χ4n) is 3.67. The van der Waals surface area contributed by atoms with Crippen LogP contribution in [0.3, 0.4) is 0 Å². The lowest BCUT2D eigenvalue weighted by atomic mass is 10.1. The van der Waals surface area contributed by atoms with Gasteiger partial charge in [0.05, 0.1) is 159 Å². The fraction of sp³-hybridized carbons (Fsp3) is 1.00. The van der Waals surface area contributed by atoms with Crippen LogP contribution in [0.2, 0.25) is 0 Å². The molecule has 0 radical (unpaired) electrons. The molecule has 0 amide bonds. The van der Waals surface area contributed by atoms with E-state index in [0.29, 0.717) is 164 Å². The lowest BCUT2D eigenvalue weighted by molar-refractivity contribution is -0.0292. The van der Waals surface area contributed by atoms with E-state index in [1.807, 2.05) is 0 Å². The monoisotopic (exact) mass is 700 g/mol. The van der Waals surface area contributed by atoms with Crippen molar-refractivity contribution in [3.8, 4) is 0 Å². The van der Waals surface area contributed by atoms with E-state index in [9.17, 15) is 0 Å². The van der Waals surface area contributed by atoms with Gasteiger partial charge in [-0.05, 0) is 12.3 Å². The normalized spacial score (nSPS) is 12.3. The third kappa shape index (κ3) is 43.5. The molecule has 1 unspecified atom stereocenters. The Balaban J connectivity index is 3.05. The van der Waals surface area contributed by atoms with Gasteiger partial charge in [0.25, 0.3) is 0 Å². The number of ether oxygens (including phenoxy) is 13. The van der Waals surface area contributed by atoms with E-state index in [2.05, 4.69) is 20.8 Å². The second-order valence-electron chi connectivity index (χ2n) is 11.0. The zero-order valence-corrected chi connectivity index (χ0v) is 30.8. The van der Waals surface area contributed by atoms with Crippen LogP contribution in [-0.2, 0) is 61.6 Å². The largest absolute Gasteiger partial charge is 0.379 e. The van der Waals surface area contributed by atoms with E-state index in [1.165, 1.54) is 19.3 Å². The van der Waals surface area contributed by atoms with Crippen LogP contribution in [0, 0.1) is 5.92 Å². The molecule has 0 rings (SSSR count). The highest BCUT2D eigenvalue weighted by Gasteiger charge is 1.99. The molecular weight excluding hydrogens is 628 g/mol. The first-order chi connectivity index (χ1) is 23.8. The molecule has 0 bridgehead atoms. The van der Waals surface area contributed by atoms with Gasteiger partial charge in [0.15, 0.2) is 0 Å². The van der Waals surface area contributed by atoms with Crippen molar-refractivity contribution in [2.45, 2.75) is 52.9 Å². The molecule has 0 aliphatic rings. The van der Waals surface area contributed by atoms with Gasteiger partial charge in [0, 0.05) is 13.2 Å². The van der Waals surface area contributed by atoms with E-state index < -0.39 is 0 Å². The van der Waals surface area contributed by atoms with E-state index in [1.54, 1.807) is 0 Å². The van der Waals surface area contributed by atoms with E-state index >= 15 is 0 Å². The average Bonchev–Trinajstić information content (AvgIpc) is 3.10. The summed E-state index contributed by atoms with van der Waals surface area (Å²) in [4.78, 5) is 0. The minimum absolute atomic E-state index is 0.516. The highest BCUT2D eigenvalue weighted by atomic mass is 16.6. The Labute approximate surface area is 292 Å². The Morgan fingerprint density at radius 2 is 0.500 bits per heavy atom. The summed E-state index contributed by atoms with van der Waals surface area (Å²) in [5, 5.41) is 0. The SMILES string of the molecule is CCCCCCOCCOCCOCCOCCOCCOCCOCCOCCOCCOCCOCCOCCOCC(C)CC. The zero-order valence-electron chi connectivity index (χ0n) is 30.8. The van der Waals surface area contributed by atoms with Crippen molar-refractivity contribution in [2.24, 2.45) is 5.92 Å². The molecule has 13 heteroatoms. The molecule has 0 aromatic heterocycles. The predicted octanol–water partition coefficient (Wildman–Crippen LogP) is 3.83. The second-order valence-corrected chi connectivity index (χ2v) is 11.0. The summed E-state index contributed by atoms with van der Waals surface area (Å²) in [7, 11) is 0. The quantitative estimate of drug-likeness (QED) is 0.0858. The van der Waals surface area contributed by atoms with Gasteiger partial charge < -0.3 is 61.6 Å². The number of hydrogen-bond acceptors (Lipinski definition) is 13. The molecule has 0 fully saturated rings. The van der Waals surface area contributed by atoms with Crippen LogP contribution in [-0.4, -0.2) is 172 Å². The van der Waals surface area contributed by atoms with Gasteiger partial charge in [0.2, 0.25) is 0 Å². The van der Waals surface area contributed by atoms with Crippen LogP contribution < -0.4 is 0 Å². The minimum Gasteiger partial charge on any atom is -0.379 e. The predicted molar refractivity (Wildman–Crippen MR) is 184 cm³/mol. The molecule has 0 saturated carbocycles. The Morgan fingerprint density at radius 3 is 0.729 bits per heavy atom. The van der Waals surface area contributed by atoms with Gasteiger partial charge in [0.1, 0.15) is 0 Å². The standard InChI is InChI=1S/C35H72O13/c1-4-6-7-8-9-36-10-11-37-12-13-38-14-15-39-16-17-40-18-19-41-20-21-42-22-23-43-24-25-44-26-27-45-28-29-46-30-31-47-32-33-48-34-35(3)5-2/h35H,4-34H2,1-3H3. The van der Waals surface area contributed by atoms with Gasteiger partial charge in [-0.25, -0.2) is 0 Å². The Morgan fingerprint density at radius 1 is 0.271 bits per heavy atom. The van der Waals surface area contributed by atoms with Crippen LogP contribution >= 0.6 is 0 Å². The number of rotatable bonds is 44. The molecule has 0 aromatic rings. The fourth-order valence-corrected chi connectivity index (χ4v) is 3.67. The number of unbranched alkanes of at least 4 members (excludes halogenated alkanes) is 3. The van der Waals surface area contributed by atoms with Gasteiger partial charge >= 0.3 is 0 Å². The molecule has 0 aliphatic carbocycles. The Hall–Kier alpha value is -0.520. The first kappa shape index (κ1) is 47.5.